The van der Waals surface area contributed by atoms with Crippen molar-refractivity contribution in [2.45, 2.75) is 10.6 Å². The monoisotopic (exact) mass is 437 g/mol. The number of aromatic hydroxyl groups is 1. The lowest BCUT2D eigenvalue weighted by Crippen LogP contribution is -1.96. The van der Waals surface area contributed by atoms with Crippen molar-refractivity contribution in [1.29, 1.82) is 0 Å². The first-order valence-corrected chi connectivity index (χ1v) is 9.77. The van der Waals surface area contributed by atoms with Gasteiger partial charge in [-0.05, 0) is 30.3 Å². The minimum atomic E-state index is -0.906. The molecular formula is C19H11Cl2F2N3OS. The number of aromatic nitrogens is 3. The van der Waals surface area contributed by atoms with Crippen LogP contribution in [-0.2, 0) is 5.75 Å². The topological polar surface area (TPSA) is 50.4 Å². The standard InChI is InChI=1S/C19H11Cl2F2N3OS/c20-11-4-10(5-12(21)6-11)15-8-17-24-13(7-18(27)26(17)25-15)9-28-16-3-1-2-14(22)19(16)23/h1-8,27H,9H2. The lowest BCUT2D eigenvalue weighted by molar-refractivity contribution is 0.434. The van der Waals surface area contributed by atoms with Gasteiger partial charge in [0.15, 0.2) is 17.3 Å². The van der Waals surface area contributed by atoms with Crippen LogP contribution in [0.3, 0.4) is 0 Å². The number of nitrogens with zero attached hydrogens (tertiary/aromatic N) is 3. The van der Waals surface area contributed by atoms with Gasteiger partial charge in [0.05, 0.1) is 11.4 Å². The highest BCUT2D eigenvalue weighted by Gasteiger charge is 2.13. The van der Waals surface area contributed by atoms with E-state index in [0.717, 1.165) is 17.8 Å². The fraction of sp³-hybridized carbons (Fsp3) is 0.0526. The van der Waals surface area contributed by atoms with Gasteiger partial charge in [0.25, 0.3) is 0 Å². The summed E-state index contributed by atoms with van der Waals surface area (Å²) in [5.74, 6) is -1.69. The van der Waals surface area contributed by atoms with E-state index in [1.165, 1.54) is 22.7 Å². The second-order valence-electron chi connectivity index (χ2n) is 5.90. The average Bonchev–Trinajstić information content (AvgIpc) is 3.07. The third-order valence-electron chi connectivity index (χ3n) is 3.91. The zero-order chi connectivity index (χ0) is 19.8. The molecule has 9 heteroatoms. The van der Waals surface area contributed by atoms with Crippen molar-refractivity contribution in [3.8, 4) is 17.1 Å². The van der Waals surface area contributed by atoms with E-state index in [2.05, 4.69) is 10.1 Å². The predicted molar refractivity (Wildman–Crippen MR) is 106 cm³/mol. The molecule has 0 spiro atoms. The SMILES string of the molecule is Oc1cc(CSc2cccc(F)c2F)nc2cc(-c3cc(Cl)cc(Cl)c3)nn12. The summed E-state index contributed by atoms with van der Waals surface area (Å²) in [5, 5.41) is 15.5. The summed E-state index contributed by atoms with van der Waals surface area (Å²) in [6.07, 6.45) is 0. The number of benzene rings is 2. The van der Waals surface area contributed by atoms with Crippen molar-refractivity contribution < 1.29 is 13.9 Å². The van der Waals surface area contributed by atoms with Crippen LogP contribution in [0.2, 0.25) is 10.0 Å². The van der Waals surface area contributed by atoms with Crippen molar-refractivity contribution in [3.63, 3.8) is 0 Å². The summed E-state index contributed by atoms with van der Waals surface area (Å²) in [6.45, 7) is 0. The molecule has 1 N–H and O–H groups in total. The van der Waals surface area contributed by atoms with Gasteiger partial charge in [-0.15, -0.1) is 11.8 Å². The molecule has 2 heterocycles. The van der Waals surface area contributed by atoms with Crippen molar-refractivity contribution in [1.82, 2.24) is 14.6 Å². The van der Waals surface area contributed by atoms with Crippen LogP contribution in [0.25, 0.3) is 16.9 Å². The zero-order valence-electron chi connectivity index (χ0n) is 14.0. The maximum atomic E-state index is 13.8. The summed E-state index contributed by atoms with van der Waals surface area (Å²) >= 11 is 13.2. The molecule has 0 radical (unpaired) electrons. The Morgan fingerprint density at radius 1 is 1.04 bits per heavy atom. The first-order valence-electron chi connectivity index (χ1n) is 8.02. The molecule has 0 unspecified atom stereocenters. The van der Waals surface area contributed by atoms with Gasteiger partial charge < -0.3 is 5.11 Å². The number of thioether (sulfide) groups is 1. The average molecular weight is 438 g/mol. The molecule has 142 valence electrons. The summed E-state index contributed by atoms with van der Waals surface area (Å²) in [5.41, 5.74) is 2.11. The first kappa shape index (κ1) is 19.0. The molecule has 4 nitrogen and oxygen atoms in total. The van der Waals surface area contributed by atoms with Crippen molar-refractivity contribution in [2.75, 3.05) is 0 Å². The van der Waals surface area contributed by atoms with E-state index < -0.39 is 11.6 Å². The largest absolute Gasteiger partial charge is 0.493 e. The van der Waals surface area contributed by atoms with Crippen LogP contribution >= 0.6 is 35.0 Å². The third-order valence-corrected chi connectivity index (χ3v) is 5.41. The normalized spacial score (nSPS) is 11.3. The highest BCUT2D eigenvalue weighted by atomic mass is 35.5. The van der Waals surface area contributed by atoms with Crippen LogP contribution in [0.5, 0.6) is 5.88 Å². The van der Waals surface area contributed by atoms with Gasteiger partial charge >= 0.3 is 0 Å². The third kappa shape index (κ3) is 3.78. The Balaban J connectivity index is 1.65. The van der Waals surface area contributed by atoms with Gasteiger partial charge in [-0.2, -0.15) is 9.61 Å². The minimum absolute atomic E-state index is 0.125. The molecule has 0 aliphatic carbocycles. The van der Waals surface area contributed by atoms with Gasteiger partial charge in [0.1, 0.15) is 0 Å². The van der Waals surface area contributed by atoms with Crippen molar-refractivity contribution >= 4 is 40.6 Å². The lowest BCUT2D eigenvalue weighted by atomic mass is 10.1. The Bertz CT molecular complexity index is 1180. The molecule has 4 rings (SSSR count). The van der Waals surface area contributed by atoms with E-state index in [4.69, 9.17) is 23.2 Å². The number of hydrogen-bond acceptors (Lipinski definition) is 4. The quantitative estimate of drug-likeness (QED) is 0.399. The molecule has 0 fully saturated rings. The van der Waals surface area contributed by atoms with Gasteiger partial charge in [0, 0.05) is 38.4 Å². The van der Waals surface area contributed by atoms with Crippen LogP contribution in [0.15, 0.2) is 53.4 Å². The fourth-order valence-electron chi connectivity index (χ4n) is 2.67. The van der Waals surface area contributed by atoms with Crippen LogP contribution in [0.1, 0.15) is 5.69 Å². The van der Waals surface area contributed by atoms with Crippen molar-refractivity contribution in [3.05, 3.63) is 75.9 Å². The second-order valence-corrected chi connectivity index (χ2v) is 7.79. The van der Waals surface area contributed by atoms with Crippen LogP contribution in [0, 0.1) is 11.6 Å². The molecule has 2 aromatic carbocycles. The summed E-state index contributed by atoms with van der Waals surface area (Å²) in [4.78, 5) is 4.60. The molecule has 0 saturated heterocycles. The Morgan fingerprint density at radius 3 is 2.54 bits per heavy atom. The molecule has 0 saturated carbocycles. The number of halogens is 4. The van der Waals surface area contributed by atoms with E-state index in [1.54, 1.807) is 24.3 Å². The smallest absolute Gasteiger partial charge is 0.215 e. The highest BCUT2D eigenvalue weighted by molar-refractivity contribution is 7.98. The molecule has 0 amide bonds. The van der Waals surface area contributed by atoms with Gasteiger partial charge in [0.2, 0.25) is 5.88 Å². The Hall–Kier alpha value is -2.35. The van der Waals surface area contributed by atoms with Crippen LogP contribution < -0.4 is 0 Å². The maximum Gasteiger partial charge on any atom is 0.215 e. The van der Waals surface area contributed by atoms with Crippen molar-refractivity contribution in [2.24, 2.45) is 0 Å². The van der Waals surface area contributed by atoms with Gasteiger partial charge in [-0.3, -0.25) is 0 Å². The predicted octanol–water partition coefficient (Wildman–Crippen LogP) is 5.98. The molecule has 0 aliphatic rings. The van der Waals surface area contributed by atoms with E-state index in [-0.39, 0.29) is 16.5 Å². The summed E-state index contributed by atoms with van der Waals surface area (Å²) in [6, 6.07) is 12.1. The molecule has 0 atom stereocenters. The molecule has 0 bridgehead atoms. The molecule has 28 heavy (non-hydrogen) atoms. The highest BCUT2D eigenvalue weighted by Crippen LogP contribution is 2.30. The number of rotatable bonds is 4. The minimum Gasteiger partial charge on any atom is -0.493 e. The number of fused-ring (bicyclic) bond motifs is 1. The Morgan fingerprint density at radius 2 is 1.79 bits per heavy atom. The fourth-order valence-corrected chi connectivity index (χ4v) is 4.05. The molecule has 4 aromatic rings. The van der Waals surface area contributed by atoms with E-state index in [1.807, 2.05) is 0 Å². The Labute approximate surface area is 172 Å². The lowest BCUT2D eigenvalue weighted by Gasteiger charge is -2.05. The maximum absolute atomic E-state index is 13.8. The summed E-state index contributed by atoms with van der Waals surface area (Å²) in [7, 11) is 0. The first-order chi connectivity index (χ1) is 13.4. The van der Waals surface area contributed by atoms with E-state index in [0.29, 0.717) is 32.6 Å². The molecule has 2 aromatic heterocycles. The second kappa shape index (κ2) is 7.58. The van der Waals surface area contributed by atoms with E-state index in [9.17, 15) is 13.9 Å². The molecular weight excluding hydrogens is 427 g/mol. The van der Waals surface area contributed by atoms with Gasteiger partial charge in [-0.1, -0.05) is 29.3 Å². The van der Waals surface area contributed by atoms with Gasteiger partial charge in [-0.25, -0.2) is 13.8 Å². The summed E-state index contributed by atoms with van der Waals surface area (Å²) < 4.78 is 28.4. The Kier molecular flexibility index (Phi) is 5.14. The zero-order valence-corrected chi connectivity index (χ0v) is 16.4. The van der Waals surface area contributed by atoms with E-state index >= 15 is 0 Å². The van der Waals surface area contributed by atoms with Crippen LogP contribution in [-0.4, -0.2) is 19.7 Å². The molecule has 0 aliphatic heterocycles. The van der Waals surface area contributed by atoms with Crippen LogP contribution in [0.4, 0.5) is 8.78 Å². The number of hydrogen-bond donors (Lipinski definition) is 1.